The van der Waals surface area contributed by atoms with Crippen molar-refractivity contribution in [3.63, 3.8) is 0 Å². The van der Waals surface area contributed by atoms with Crippen molar-refractivity contribution in [2.75, 3.05) is 24.3 Å². The number of anilines is 1. The third-order valence-electron chi connectivity index (χ3n) is 3.38. The van der Waals surface area contributed by atoms with Crippen LogP contribution in [0.1, 0.15) is 6.42 Å². The van der Waals surface area contributed by atoms with Gasteiger partial charge in [0.25, 0.3) is 0 Å². The third kappa shape index (κ3) is 3.44. The molecule has 0 saturated carbocycles. The van der Waals surface area contributed by atoms with Crippen LogP contribution in [0.5, 0.6) is 0 Å². The van der Waals surface area contributed by atoms with E-state index in [1.807, 2.05) is 0 Å². The second-order valence-electron chi connectivity index (χ2n) is 4.89. The molecular formula is C11H14Br2N2O4S2. The largest absolute Gasteiger partial charge is 0.399 e. The minimum absolute atomic E-state index is 0.0155. The molecule has 6 nitrogen and oxygen atoms in total. The lowest BCUT2D eigenvalue weighted by atomic mass is 10.3. The zero-order valence-corrected chi connectivity index (χ0v) is 15.9. The molecule has 0 bridgehead atoms. The fourth-order valence-corrected chi connectivity index (χ4v) is 8.02. The predicted octanol–water partition coefficient (Wildman–Crippen LogP) is 1.60. The summed E-state index contributed by atoms with van der Waals surface area (Å²) in [6, 6.07) is 2.45. The Labute approximate surface area is 140 Å². The Hall–Kier alpha value is -0.160. The highest BCUT2D eigenvalue weighted by Gasteiger charge is 2.37. The molecule has 1 saturated heterocycles. The molecule has 0 aromatic heterocycles. The van der Waals surface area contributed by atoms with Crippen molar-refractivity contribution in [3.05, 3.63) is 21.1 Å². The predicted molar refractivity (Wildman–Crippen MR) is 88.3 cm³/mol. The van der Waals surface area contributed by atoms with Crippen LogP contribution >= 0.6 is 31.9 Å². The molecule has 1 aliphatic rings. The van der Waals surface area contributed by atoms with Crippen molar-refractivity contribution in [2.24, 2.45) is 0 Å². The maximum absolute atomic E-state index is 12.7. The molecule has 1 unspecified atom stereocenters. The Morgan fingerprint density at radius 2 is 1.81 bits per heavy atom. The summed E-state index contributed by atoms with van der Waals surface area (Å²) < 4.78 is 50.3. The maximum atomic E-state index is 12.7. The molecule has 0 amide bonds. The van der Waals surface area contributed by atoms with Crippen LogP contribution in [0, 0.1) is 0 Å². The van der Waals surface area contributed by atoms with E-state index in [0.29, 0.717) is 21.1 Å². The lowest BCUT2D eigenvalue weighted by Crippen LogP contribution is -2.38. The van der Waals surface area contributed by atoms with E-state index in [0.717, 1.165) is 4.31 Å². The number of benzene rings is 1. The van der Waals surface area contributed by atoms with Gasteiger partial charge in [0.15, 0.2) is 9.84 Å². The van der Waals surface area contributed by atoms with E-state index in [4.69, 9.17) is 5.73 Å². The summed E-state index contributed by atoms with van der Waals surface area (Å²) in [7, 11) is -5.59. The first-order valence-corrected chi connectivity index (χ1v) is 10.8. The summed E-state index contributed by atoms with van der Waals surface area (Å²) in [6.45, 7) is 0. The van der Waals surface area contributed by atoms with Crippen molar-refractivity contribution in [1.82, 2.24) is 4.31 Å². The number of sulfonamides is 1. The highest BCUT2D eigenvalue weighted by atomic mass is 79.9. The molecule has 10 heteroatoms. The van der Waals surface area contributed by atoms with Gasteiger partial charge in [-0.3, -0.25) is 0 Å². The topological polar surface area (TPSA) is 97.5 Å². The van der Waals surface area contributed by atoms with Crippen molar-refractivity contribution in [1.29, 1.82) is 0 Å². The lowest BCUT2D eigenvalue weighted by Gasteiger charge is -2.24. The molecule has 0 aliphatic carbocycles. The first kappa shape index (κ1) is 17.2. The molecule has 0 radical (unpaired) electrons. The number of sulfone groups is 1. The Kier molecular flexibility index (Phi) is 4.75. The van der Waals surface area contributed by atoms with Gasteiger partial charge in [-0.15, -0.1) is 0 Å². The summed E-state index contributed by atoms with van der Waals surface area (Å²) in [6.07, 6.45) is 0.308. The third-order valence-corrected chi connectivity index (χ3v) is 8.92. The van der Waals surface area contributed by atoms with Crippen LogP contribution in [-0.2, 0) is 19.9 Å². The molecule has 1 atom stereocenters. The van der Waals surface area contributed by atoms with Crippen LogP contribution in [0.3, 0.4) is 0 Å². The number of hydrogen-bond acceptors (Lipinski definition) is 5. The maximum Gasteiger partial charge on any atom is 0.245 e. The Morgan fingerprint density at radius 3 is 2.24 bits per heavy atom. The quantitative estimate of drug-likeness (QED) is 0.689. The smallest absolute Gasteiger partial charge is 0.245 e. The van der Waals surface area contributed by atoms with Gasteiger partial charge in [0.05, 0.1) is 11.5 Å². The van der Waals surface area contributed by atoms with Gasteiger partial charge in [-0.2, -0.15) is 4.31 Å². The van der Waals surface area contributed by atoms with E-state index in [-0.39, 0.29) is 16.4 Å². The molecule has 1 aliphatic heterocycles. The van der Waals surface area contributed by atoms with Crippen molar-refractivity contribution in [3.8, 4) is 0 Å². The van der Waals surface area contributed by atoms with Crippen molar-refractivity contribution in [2.45, 2.75) is 17.4 Å². The van der Waals surface area contributed by atoms with E-state index in [1.165, 1.54) is 19.2 Å². The molecule has 1 aromatic carbocycles. The Bertz CT molecular complexity index is 754. The molecular weight excluding hydrogens is 448 g/mol. The highest BCUT2D eigenvalue weighted by molar-refractivity contribution is 9.11. The fourth-order valence-electron chi connectivity index (χ4n) is 2.23. The normalized spacial score (nSPS) is 21.8. The number of halogens is 2. The number of nitrogens with two attached hydrogens (primary N) is 1. The van der Waals surface area contributed by atoms with Gasteiger partial charge in [0.2, 0.25) is 10.0 Å². The van der Waals surface area contributed by atoms with E-state index < -0.39 is 25.9 Å². The molecule has 118 valence electrons. The molecule has 1 aromatic rings. The van der Waals surface area contributed by atoms with Crippen LogP contribution in [0.15, 0.2) is 26.0 Å². The Balaban J connectivity index is 2.44. The Morgan fingerprint density at radius 1 is 1.29 bits per heavy atom. The summed E-state index contributed by atoms with van der Waals surface area (Å²) in [5.74, 6) is -0.130. The highest BCUT2D eigenvalue weighted by Crippen LogP contribution is 2.35. The minimum atomic E-state index is -3.83. The van der Waals surface area contributed by atoms with Crippen LogP contribution in [0.25, 0.3) is 0 Å². The van der Waals surface area contributed by atoms with Gasteiger partial charge in [-0.25, -0.2) is 16.8 Å². The van der Waals surface area contributed by atoms with Gasteiger partial charge < -0.3 is 5.73 Å². The molecule has 21 heavy (non-hydrogen) atoms. The molecule has 0 spiro atoms. The summed E-state index contributed by atoms with van der Waals surface area (Å²) >= 11 is 6.40. The zero-order chi connectivity index (χ0) is 16.0. The van der Waals surface area contributed by atoms with Gasteiger partial charge in [0.1, 0.15) is 4.90 Å². The fraction of sp³-hybridized carbons (Fsp3) is 0.455. The molecule has 2 rings (SSSR count). The average molecular weight is 462 g/mol. The van der Waals surface area contributed by atoms with E-state index >= 15 is 0 Å². The van der Waals surface area contributed by atoms with Crippen LogP contribution in [0.4, 0.5) is 5.69 Å². The van der Waals surface area contributed by atoms with Crippen molar-refractivity contribution < 1.29 is 16.8 Å². The molecule has 2 N–H and O–H groups in total. The van der Waals surface area contributed by atoms with E-state index in [1.54, 1.807) is 0 Å². The van der Waals surface area contributed by atoms with Crippen LogP contribution in [-0.4, -0.2) is 45.7 Å². The number of rotatable bonds is 3. The monoisotopic (exact) mass is 460 g/mol. The van der Waals surface area contributed by atoms with Gasteiger partial charge in [-0.05, 0) is 50.4 Å². The molecule has 1 heterocycles. The van der Waals surface area contributed by atoms with Crippen LogP contribution in [0.2, 0.25) is 0 Å². The SMILES string of the molecule is CN(C1CCS(=O)(=O)C1)S(=O)(=O)c1c(Br)cc(N)cc1Br. The first-order chi connectivity index (χ1) is 9.54. The second-order valence-corrected chi connectivity index (χ2v) is 10.8. The summed E-state index contributed by atoms with van der Waals surface area (Å²) in [5.41, 5.74) is 6.07. The van der Waals surface area contributed by atoms with Gasteiger partial charge in [0, 0.05) is 27.7 Å². The first-order valence-electron chi connectivity index (χ1n) is 5.97. The zero-order valence-electron chi connectivity index (χ0n) is 11.1. The summed E-state index contributed by atoms with van der Waals surface area (Å²) in [5, 5.41) is 0. The van der Waals surface area contributed by atoms with Gasteiger partial charge >= 0.3 is 0 Å². The van der Waals surface area contributed by atoms with E-state index in [2.05, 4.69) is 31.9 Å². The number of nitrogens with zero attached hydrogens (tertiary/aromatic N) is 1. The number of nitrogen functional groups attached to an aromatic ring is 1. The number of hydrogen-bond donors (Lipinski definition) is 1. The van der Waals surface area contributed by atoms with E-state index in [9.17, 15) is 16.8 Å². The van der Waals surface area contributed by atoms with Crippen molar-refractivity contribution >= 4 is 57.4 Å². The molecule has 1 fully saturated rings. The van der Waals surface area contributed by atoms with Gasteiger partial charge in [-0.1, -0.05) is 0 Å². The lowest BCUT2D eigenvalue weighted by molar-refractivity contribution is 0.393. The second kappa shape index (κ2) is 5.80. The van der Waals surface area contributed by atoms with Crippen LogP contribution < -0.4 is 5.73 Å². The minimum Gasteiger partial charge on any atom is -0.399 e. The standard InChI is InChI=1S/C11H14Br2N2O4S2/c1-15(8-2-3-20(16,17)6-8)21(18,19)11-9(12)4-7(14)5-10(11)13/h4-5,8H,2-3,6,14H2,1H3. The average Bonchev–Trinajstić information content (AvgIpc) is 2.66. The summed E-state index contributed by atoms with van der Waals surface area (Å²) in [4.78, 5) is 0.0449.